The lowest BCUT2D eigenvalue weighted by atomic mass is 9.86. The number of nitriles is 1. The minimum absolute atomic E-state index is 0.144. The van der Waals surface area contributed by atoms with Gasteiger partial charge in [-0.1, -0.05) is 6.07 Å². The van der Waals surface area contributed by atoms with Crippen LogP contribution in [0.3, 0.4) is 0 Å². The molecule has 0 radical (unpaired) electrons. The van der Waals surface area contributed by atoms with E-state index in [-0.39, 0.29) is 19.1 Å². The number of carbonyl (C=O) groups is 1. The average Bonchev–Trinajstić information content (AvgIpc) is 2.69. The molecule has 0 spiro atoms. The Bertz CT molecular complexity index is 418. The van der Waals surface area contributed by atoms with E-state index < -0.39 is 5.41 Å². The number of hydrogen-bond acceptors (Lipinski definition) is 4. The molecule has 1 aromatic rings. The van der Waals surface area contributed by atoms with Crippen molar-refractivity contribution in [2.45, 2.75) is 6.54 Å². The first-order valence-electron chi connectivity index (χ1n) is 4.95. The molecule has 5 heteroatoms. The van der Waals surface area contributed by atoms with Crippen LogP contribution in [-0.2, 0) is 16.1 Å². The summed E-state index contributed by atoms with van der Waals surface area (Å²) in [6.45, 7) is 0.994. The van der Waals surface area contributed by atoms with Gasteiger partial charge in [-0.2, -0.15) is 5.26 Å². The van der Waals surface area contributed by atoms with Gasteiger partial charge in [-0.15, -0.1) is 11.3 Å². The SMILES string of the molecule is CN(Cc1cccs1)C(=O)C1(C#N)COC1. The topological polar surface area (TPSA) is 53.3 Å². The standard InChI is InChI=1S/C11H12N2O2S/c1-13(5-9-3-2-4-16-9)10(14)11(6-12)7-15-8-11/h2-4H,5,7-8H2,1H3. The van der Waals surface area contributed by atoms with Gasteiger partial charge in [0.05, 0.1) is 25.8 Å². The highest BCUT2D eigenvalue weighted by molar-refractivity contribution is 7.09. The molecule has 2 rings (SSSR count). The molecule has 1 saturated heterocycles. The van der Waals surface area contributed by atoms with Crippen molar-refractivity contribution in [2.24, 2.45) is 5.41 Å². The van der Waals surface area contributed by atoms with Gasteiger partial charge in [-0.3, -0.25) is 4.79 Å². The van der Waals surface area contributed by atoms with Gasteiger partial charge in [-0.05, 0) is 11.4 Å². The van der Waals surface area contributed by atoms with Crippen LogP contribution in [0.25, 0.3) is 0 Å². The van der Waals surface area contributed by atoms with Crippen LogP contribution >= 0.6 is 11.3 Å². The zero-order chi connectivity index (χ0) is 11.6. The lowest BCUT2D eigenvalue weighted by Gasteiger charge is -2.36. The van der Waals surface area contributed by atoms with Crippen LogP contribution in [0.2, 0.25) is 0 Å². The second-order valence-corrected chi connectivity index (χ2v) is 4.96. The molecule has 4 nitrogen and oxygen atoms in total. The number of nitrogens with zero attached hydrogens (tertiary/aromatic N) is 2. The van der Waals surface area contributed by atoms with E-state index in [9.17, 15) is 4.79 Å². The lowest BCUT2D eigenvalue weighted by molar-refractivity contribution is -0.160. The van der Waals surface area contributed by atoms with Gasteiger partial charge in [0.15, 0.2) is 5.41 Å². The summed E-state index contributed by atoms with van der Waals surface area (Å²) in [7, 11) is 1.72. The van der Waals surface area contributed by atoms with Gasteiger partial charge in [-0.25, -0.2) is 0 Å². The van der Waals surface area contributed by atoms with Crippen LogP contribution in [0.5, 0.6) is 0 Å². The minimum atomic E-state index is -0.938. The molecule has 0 unspecified atom stereocenters. The minimum Gasteiger partial charge on any atom is -0.377 e. The summed E-state index contributed by atoms with van der Waals surface area (Å²) in [4.78, 5) is 14.7. The Morgan fingerprint density at radius 1 is 1.75 bits per heavy atom. The summed E-state index contributed by atoms with van der Waals surface area (Å²) < 4.78 is 4.97. The van der Waals surface area contributed by atoms with Crippen molar-refractivity contribution in [1.29, 1.82) is 5.26 Å². The van der Waals surface area contributed by atoms with Crippen LogP contribution in [0, 0.1) is 16.7 Å². The smallest absolute Gasteiger partial charge is 0.247 e. The van der Waals surface area contributed by atoms with Gasteiger partial charge >= 0.3 is 0 Å². The van der Waals surface area contributed by atoms with Gasteiger partial charge < -0.3 is 9.64 Å². The van der Waals surface area contributed by atoms with E-state index in [2.05, 4.69) is 6.07 Å². The summed E-state index contributed by atoms with van der Waals surface area (Å²) >= 11 is 1.60. The molecular formula is C11H12N2O2S. The van der Waals surface area contributed by atoms with E-state index in [1.807, 2.05) is 17.5 Å². The Morgan fingerprint density at radius 2 is 2.50 bits per heavy atom. The largest absolute Gasteiger partial charge is 0.377 e. The summed E-state index contributed by atoms with van der Waals surface area (Å²) in [5.41, 5.74) is -0.938. The van der Waals surface area contributed by atoms with Crippen molar-refractivity contribution in [3.8, 4) is 6.07 Å². The Kier molecular flexibility index (Phi) is 2.95. The third-order valence-electron chi connectivity index (χ3n) is 2.64. The zero-order valence-electron chi connectivity index (χ0n) is 8.97. The lowest BCUT2D eigenvalue weighted by Crippen LogP contribution is -2.53. The first kappa shape index (κ1) is 11.1. The van der Waals surface area contributed by atoms with E-state index in [1.54, 1.807) is 23.3 Å². The molecule has 0 bridgehead atoms. The highest BCUT2D eigenvalue weighted by atomic mass is 32.1. The molecule has 0 N–H and O–H groups in total. The molecule has 0 aromatic carbocycles. The molecule has 84 valence electrons. The number of amides is 1. The number of rotatable bonds is 3. The van der Waals surface area contributed by atoms with Gasteiger partial charge in [0.1, 0.15) is 0 Å². The molecule has 0 saturated carbocycles. The number of carbonyl (C=O) groups excluding carboxylic acids is 1. The third kappa shape index (κ3) is 1.82. The zero-order valence-corrected chi connectivity index (χ0v) is 9.79. The number of thiophene rings is 1. The fourth-order valence-electron chi connectivity index (χ4n) is 1.62. The number of ether oxygens (including phenoxy) is 1. The van der Waals surface area contributed by atoms with Crippen molar-refractivity contribution in [1.82, 2.24) is 4.90 Å². The first-order chi connectivity index (χ1) is 7.68. The van der Waals surface area contributed by atoms with E-state index in [0.717, 1.165) is 4.88 Å². The highest BCUT2D eigenvalue weighted by Gasteiger charge is 2.48. The maximum absolute atomic E-state index is 12.0. The molecule has 1 aliphatic heterocycles. The van der Waals surface area contributed by atoms with Gasteiger partial charge in [0, 0.05) is 11.9 Å². The van der Waals surface area contributed by atoms with Crippen molar-refractivity contribution in [3.63, 3.8) is 0 Å². The fraction of sp³-hybridized carbons (Fsp3) is 0.455. The van der Waals surface area contributed by atoms with Crippen LogP contribution < -0.4 is 0 Å². The summed E-state index contributed by atoms with van der Waals surface area (Å²) in [5, 5.41) is 11.0. The molecule has 1 aromatic heterocycles. The quantitative estimate of drug-likeness (QED) is 0.793. The van der Waals surface area contributed by atoms with Crippen LogP contribution in [0.4, 0.5) is 0 Å². The van der Waals surface area contributed by atoms with Crippen molar-refractivity contribution in [2.75, 3.05) is 20.3 Å². The first-order valence-corrected chi connectivity index (χ1v) is 5.83. The maximum Gasteiger partial charge on any atom is 0.247 e. The third-order valence-corrected chi connectivity index (χ3v) is 3.50. The molecule has 1 amide bonds. The highest BCUT2D eigenvalue weighted by Crippen LogP contribution is 2.29. The van der Waals surface area contributed by atoms with Gasteiger partial charge in [0.25, 0.3) is 0 Å². The van der Waals surface area contributed by atoms with E-state index >= 15 is 0 Å². The second-order valence-electron chi connectivity index (χ2n) is 3.93. The summed E-state index contributed by atoms with van der Waals surface area (Å²) in [5.74, 6) is -0.144. The molecular weight excluding hydrogens is 224 g/mol. The monoisotopic (exact) mass is 236 g/mol. The van der Waals surface area contributed by atoms with Crippen molar-refractivity contribution in [3.05, 3.63) is 22.4 Å². The Labute approximate surface area is 98.0 Å². The van der Waals surface area contributed by atoms with Crippen LogP contribution in [0.15, 0.2) is 17.5 Å². The Morgan fingerprint density at radius 3 is 2.94 bits per heavy atom. The van der Waals surface area contributed by atoms with Gasteiger partial charge in [0.2, 0.25) is 5.91 Å². The molecule has 1 aliphatic rings. The Hall–Kier alpha value is -1.38. The molecule has 2 heterocycles. The normalized spacial score (nSPS) is 17.2. The molecule has 1 fully saturated rings. The summed E-state index contributed by atoms with van der Waals surface area (Å²) in [6.07, 6.45) is 0. The van der Waals surface area contributed by atoms with Crippen LogP contribution in [-0.4, -0.2) is 31.1 Å². The number of hydrogen-bond donors (Lipinski definition) is 0. The predicted molar refractivity (Wildman–Crippen MR) is 59.7 cm³/mol. The van der Waals surface area contributed by atoms with E-state index in [1.165, 1.54) is 0 Å². The van der Waals surface area contributed by atoms with Crippen molar-refractivity contribution >= 4 is 17.2 Å². The fourth-order valence-corrected chi connectivity index (χ4v) is 2.37. The Balaban J connectivity index is 2.02. The molecule has 16 heavy (non-hydrogen) atoms. The maximum atomic E-state index is 12.0. The van der Waals surface area contributed by atoms with E-state index in [0.29, 0.717) is 6.54 Å². The second kappa shape index (κ2) is 4.24. The average molecular weight is 236 g/mol. The summed E-state index contributed by atoms with van der Waals surface area (Å²) in [6, 6.07) is 5.99. The van der Waals surface area contributed by atoms with Crippen LogP contribution in [0.1, 0.15) is 4.88 Å². The van der Waals surface area contributed by atoms with E-state index in [4.69, 9.17) is 10.00 Å². The molecule has 0 aliphatic carbocycles. The molecule has 0 atom stereocenters. The van der Waals surface area contributed by atoms with Crippen molar-refractivity contribution < 1.29 is 9.53 Å². The predicted octanol–water partition coefficient (Wildman–Crippen LogP) is 1.25.